The summed E-state index contributed by atoms with van der Waals surface area (Å²) in [6.45, 7) is 0.777. The van der Waals surface area contributed by atoms with Crippen LogP contribution in [0.4, 0.5) is 5.69 Å². The van der Waals surface area contributed by atoms with E-state index in [1.165, 1.54) is 11.5 Å². The van der Waals surface area contributed by atoms with Crippen molar-refractivity contribution < 1.29 is 14.2 Å². The van der Waals surface area contributed by atoms with Gasteiger partial charge in [-0.05, 0) is 36.5 Å². The average molecular weight is 309 g/mol. The summed E-state index contributed by atoms with van der Waals surface area (Å²) >= 11 is 2.02. The molecular weight excluding hydrogens is 286 g/mol. The second kappa shape index (κ2) is 6.36. The fourth-order valence-electron chi connectivity index (χ4n) is 3.10. The molecule has 2 fully saturated rings. The third kappa shape index (κ3) is 3.40. The zero-order chi connectivity index (χ0) is 14.7. The monoisotopic (exact) mass is 309 g/mol. The molecule has 3 rings (SSSR count). The Bertz CT molecular complexity index is 483. The number of ether oxygens (including phenoxy) is 3. The van der Waals surface area contributed by atoms with E-state index in [-0.39, 0.29) is 11.7 Å². The maximum atomic E-state index is 6.16. The van der Waals surface area contributed by atoms with Gasteiger partial charge in [-0.3, -0.25) is 0 Å². The Morgan fingerprint density at radius 2 is 2.14 bits per heavy atom. The molecule has 0 aliphatic carbocycles. The van der Waals surface area contributed by atoms with Gasteiger partial charge in [0.2, 0.25) is 0 Å². The van der Waals surface area contributed by atoms with Crippen LogP contribution in [0.5, 0.6) is 11.5 Å². The van der Waals surface area contributed by atoms with Crippen LogP contribution in [-0.2, 0) is 4.74 Å². The number of nitrogen functional groups attached to an aromatic ring is 1. The van der Waals surface area contributed by atoms with E-state index >= 15 is 0 Å². The van der Waals surface area contributed by atoms with Crippen LogP contribution in [0.15, 0.2) is 18.2 Å². The predicted octanol–water partition coefficient (Wildman–Crippen LogP) is 3.10. The quantitative estimate of drug-likeness (QED) is 0.870. The van der Waals surface area contributed by atoms with Crippen molar-refractivity contribution >= 4 is 17.4 Å². The number of thioether (sulfide) groups is 1. The number of rotatable bonds is 3. The van der Waals surface area contributed by atoms with Gasteiger partial charge in [0.1, 0.15) is 17.6 Å². The van der Waals surface area contributed by atoms with Crippen molar-refractivity contribution in [3.05, 3.63) is 18.2 Å². The Balaban J connectivity index is 1.69. The minimum atomic E-state index is 0.0296. The van der Waals surface area contributed by atoms with Gasteiger partial charge in [0.05, 0.1) is 25.0 Å². The lowest BCUT2D eigenvalue weighted by atomic mass is 9.86. The molecule has 1 spiro atoms. The molecule has 1 aromatic carbocycles. The Hall–Kier alpha value is -1.07. The molecule has 2 heterocycles. The molecule has 2 N–H and O–H groups in total. The SMILES string of the molecule is COc1ccc(N)c(OC2CCOC3(CCSCC3)C2)c1. The fourth-order valence-corrected chi connectivity index (χ4v) is 4.34. The normalized spacial score (nSPS) is 24.7. The first kappa shape index (κ1) is 14.9. The van der Waals surface area contributed by atoms with E-state index in [0.717, 1.165) is 43.8 Å². The minimum absolute atomic E-state index is 0.0296. The third-order valence-corrected chi connectivity index (χ3v) is 5.35. The lowest BCUT2D eigenvalue weighted by molar-refractivity contribution is -0.116. The molecule has 0 bridgehead atoms. The maximum Gasteiger partial charge on any atom is 0.146 e. The van der Waals surface area contributed by atoms with Crippen molar-refractivity contribution in [2.45, 2.75) is 37.4 Å². The highest BCUT2D eigenvalue weighted by atomic mass is 32.2. The zero-order valence-corrected chi connectivity index (χ0v) is 13.3. The minimum Gasteiger partial charge on any atom is -0.497 e. The summed E-state index contributed by atoms with van der Waals surface area (Å²) in [6, 6.07) is 5.56. The van der Waals surface area contributed by atoms with Gasteiger partial charge in [-0.25, -0.2) is 0 Å². The first-order valence-electron chi connectivity index (χ1n) is 7.53. The number of anilines is 1. The molecule has 116 valence electrons. The lowest BCUT2D eigenvalue weighted by Gasteiger charge is -2.43. The van der Waals surface area contributed by atoms with Crippen LogP contribution in [0.3, 0.4) is 0 Å². The summed E-state index contributed by atoms with van der Waals surface area (Å²) < 4.78 is 17.5. The van der Waals surface area contributed by atoms with E-state index in [1.807, 2.05) is 30.0 Å². The number of benzene rings is 1. The molecule has 21 heavy (non-hydrogen) atoms. The van der Waals surface area contributed by atoms with Gasteiger partial charge < -0.3 is 19.9 Å². The van der Waals surface area contributed by atoms with E-state index in [2.05, 4.69) is 0 Å². The summed E-state index contributed by atoms with van der Waals surface area (Å²) in [6.07, 6.45) is 4.32. The highest BCUT2D eigenvalue weighted by Gasteiger charge is 2.39. The van der Waals surface area contributed by atoms with Gasteiger partial charge in [0.25, 0.3) is 0 Å². The molecule has 1 unspecified atom stereocenters. The van der Waals surface area contributed by atoms with E-state index in [9.17, 15) is 0 Å². The fraction of sp³-hybridized carbons (Fsp3) is 0.625. The van der Waals surface area contributed by atoms with E-state index in [0.29, 0.717) is 5.69 Å². The zero-order valence-electron chi connectivity index (χ0n) is 12.5. The van der Waals surface area contributed by atoms with Crippen LogP contribution in [-0.4, -0.2) is 36.9 Å². The lowest BCUT2D eigenvalue weighted by Crippen LogP contribution is -2.46. The van der Waals surface area contributed by atoms with E-state index < -0.39 is 0 Å². The third-order valence-electron chi connectivity index (χ3n) is 4.37. The molecule has 4 nitrogen and oxygen atoms in total. The van der Waals surface area contributed by atoms with Crippen molar-refractivity contribution in [3.63, 3.8) is 0 Å². The van der Waals surface area contributed by atoms with Crippen LogP contribution >= 0.6 is 11.8 Å². The highest BCUT2D eigenvalue weighted by Crippen LogP contribution is 2.39. The second-order valence-corrected chi connectivity index (χ2v) is 7.01. The Morgan fingerprint density at radius 3 is 2.90 bits per heavy atom. The molecule has 0 radical (unpaired) electrons. The summed E-state index contributed by atoms with van der Waals surface area (Å²) in [5.74, 6) is 3.87. The second-order valence-electron chi connectivity index (χ2n) is 5.78. The Labute approximate surface area is 130 Å². The van der Waals surface area contributed by atoms with Crippen LogP contribution in [0, 0.1) is 0 Å². The van der Waals surface area contributed by atoms with Crippen molar-refractivity contribution in [3.8, 4) is 11.5 Å². The first-order chi connectivity index (χ1) is 10.2. The maximum absolute atomic E-state index is 6.16. The van der Waals surface area contributed by atoms with Gasteiger partial charge in [0.15, 0.2) is 0 Å². The molecular formula is C16H23NO3S. The molecule has 2 saturated heterocycles. The highest BCUT2D eigenvalue weighted by molar-refractivity contribution is 7.99. The molecule has 0 saturated carbocycles. The number of nitrogens with two attached hydrogens (primary N) is 1. The predicted molar refractivity (Wildman–Crippen MR) is 86.3 cm³/mol. The van der Waals surface area contributed by atoms with Crippen LogP contribution in [0.25, 0.3) is 0 Å². The van der Waals surface area contributed by atoms with Gasteiger partial charge in [0, 0.05) is 18.9 Å². The molecule has 1 aromatic rings. The topological polar surface area (TPSA) is 53.7 Å². The number of hydrogen-bond acceptors (Lipinski definition) is 5. The van der Waals surface area contributed by atoms with Crippen molar-refractivity contribution in [2.24, 2.45) is 0 Å². The molecule has 0 aromatic heterocycles. The molecule has 2 aliphatic heterocycles. The Morgan fingerprint density at radius 1 is 1.33 bits per heavy atom. The van der Waals surface area contributed by atoms with Crippen LogP contribution < -0.4 is 15.2 Å². The summed E-state index contributed by atoms with van der Waals surface area (Å²) in [7, 11) is 1.65. The van der Waals surface area contributed by atoms with Crippen LogP contribution in [0.1, 0.15) is 25.7 Å². The summed E-state index contributed by atoms with van der Waals surface area (Å²) in [5.41, 5.74) is 6.71. The van der Waals surface area contributed by atoms with Crippen molar-refractivity contribution in [1.82, 2.24) is 0 Å². The number of hydrogen-bond donors (Lipinski definition) is 1. The standard InChI is InChI=1S/C16H23NO3S/c1-18-12-2-3-14(17)15(10-12)20-13-4-7-19-16(11-13)5-8-21-9-6-16/h2-3,10,13H,4-9,11,17H2,1H3. The van der Waals surface area contributed by atoms with Gasteiger partial charge >= 0.3 is 0 Å². The molecule has 2 aliphatic rings. The van der Waals surface area contributed by atoms with E-state index in [4.69, 9.17) is 19.9 Å². The summed E-state index contributed by atoms with van der Waals surface area (Å²) in [4.78, 5) is 0. The summed E-state index contributed by atoms with van der Waals surface area (Å²) in [5, 5.41) is 0. The van der Waals surface area contributed by atoms with Crippen molar-refractivity contribution in [1.29, 1.82) is 0 Å². The van der Waals surface area contributed by atoms with Gasteiger partial charge in [-0.15, -0.1) is 0 Å². The molecule has 5 heteroatoms. The van der Waals surface area contributed by atoms with Gasteiger partial charge in [-0.2, -0.15) is 11.8 Å². The van der Waals surface area contributed by atoms with Gasteiger partial charge in [-0.1, -0.05) is 0 Å². The Kier molecular flexibility index (Phi) is 4.50. The number of methoxy groups -OCH3 is 1. The largest absolute Gasteiger partial charge is 0.497 e. The molecule has 1 atom stereocenters. The van der Waals surface area contributed by atoms with Crippen LogP contribution in [0.2, 0.25) is 0 Å². The molecule has 0 amide bonds. The average Bonchev–Trinajstić information content (AvgIpc) is 2.50. The smallest absolute Gasteiger partial charge is 0.146 e. The van der Waals surface area contributed by atoms with E-state index in [1.54, 1.807) is 7.11 Å². The van der Waals surface area contributed by atoms with Crippen molar-refractivity contribution in [2.75, 3.05) is 31.0 Å². The first-order valence-corrected chi connectivity index (χ1v) is 8.68.